The van der Waals surface area contributed by atoms with Gasteiger partial charge in [0.05, 0.1) is 6.54 Å². The zero-order valence-electron chi connectivity index (χ0n) is 19.7. The van der Waals surface area contributed by atoms with E-state index >= 15 is 0 Å². The highest BCUT2D eigenvalue weighted by molar-refractivity contribution is 7.91. The Morgan fingerprint density at radius 2 is 1.73 bits per heavy atom. The Morgan fingerprint density at radius 3 is 2.30 bits per heavy atom. The molecular weight excluding hydrogens is 464 g/mol. The lowest BCUT2D eigenvalue weighted by atomic mass is 9.87. The van der Waals surface area contributed by atoms with Gasteiger partial charge in [0, 0.05) is 18.0 Å². The smallest absolute Gasteiger partial charge is 0.272 e. The fourth-order valence-corrected chi connectivity index (χ4v) is 4.82. The number of sulfonamides is 1. The van der Waals surface area contributed by atoms with E-state index in [-0.39, 0.29) is 33.2 Å². The van der Waals surface area contributed by atoms with Crippen molar-refractivity contribution < 1.29 is 17.7 Å². The Kier molecular flexibility index (Phi) is 6.74. The standard InChI is InChI=1S/C21H28N6O4S2/c1-20(2,3)14-10-8-13(9-11-14)16-22-15(31-26-16)12-27(7)33(29,30)19-25-24-18(32-19)23-17(28)21(4,5)6/h8-11H,12H2,1-7H3,(H,23,24,28). The Morgan fingerprint density at radius 1 is 1.09 bits per heavy atom. The number of hydrogen-bond acceptors (Lipinski definition) is 9. The van der Waals surface area contributed by atoms with Crippen LogP contribution in [0, 0.1) is 5.41 Å². The summed E-state index contributed by atoms with van der Waals surface area (Å²) in [6, 6.07) is 7.83. The molecule has 0 radical (unpaired) electrons. The third-order valence-corrected chi connectivity index (χ3v) is 7.76. The summed E-state index contributed by atoms with van der Waals surface area (Å²) in [5, 5.41) is 14.2. The van der Waals surface area contributed by atoms with Gasteiger partial charge in [0.25, 0.3) is 10.0 Å². The van der Waals surface area contributed by atoms with E-state index in [1.807, 2.05) is 24.3 Å². The van der Waals surface area contributed by atoms with Gasteiger partial charge in [-0.15, -0.1) is 10.2 Å². The van der Waals surface area contributed by atoms with E-state index in [0.29, 0.717) is 5.82 Å². The van der Waals surface area contributed by atoms with E-state index in [1.54, 1.807) is 20.8 Å². The third-order valence-electron chi connectivity index (χ3n) is 4.77. The minimum atomic E-state index is -3.97. The number of benzene rings is 1. The highest BCUT2D eigenvalue weighted by Crippen LogP contribution is 2.27. The van der Waals surface area contributed by atoms with Crippen molar-refractivity contribution in [3.05, 3.63) is 35.7 Å². The second-order valence-electron chi connectivity index (χ2n) is 9.68. The van der Waals surface area contributed by atoms with E-state index < -0.39 is 15.4 Å². The van der Waals surface area contributed by atoms with Crippen molar-refractivity contribution >= 4 is 32.4 Å². The molecule has 0 aliphatic heterocycles. The van der Waals surface area contributed by atoms with Gasteiger partial charge in [0.1, 0.15) is 0 Å². The van der Waals surface area contributed by atoms with Gasteiger partial charge in [-0.3, -0.25) is 4.79 Å². The molecule has 0 saturated heterocycles. The van der Waals surface area contributed by atoms with E-state index in [4.69, 9.17) is 4.52 Å². The highest BCUT2D eigenvalue weighted by Gasteiger charge is 2.29. The monoisotopic (exact) mass is 492 g/mol. The van der Waals surface area contributed by atoms with E-state index in [9.17, 15) is 13.2 Å². The molecule has 178 valence electrons. The molecule has 0 atom stereocenters. The maximum atomic E-state index is 12.9. The number of amides is 1. The number of carbonyl (C=O) groups is 1. The predicted molar refractivity (Wildman–Crippen MR) is 125 cm³/mol. The fraction of sp³-hybridized carbons (Fsp3) is 0.476. The second kappa shape index (κ2) is 8.92. The Hall–Kier alpha value is -2.70. The molecule has 33 heavy (non-hydrogen) atoms. The van der Waals surface area contributed by atoms with Gasteiger partial charge in [-0.2, -0.15) is 9.29 Å². The van der Waals surface area contributed by atoms with Crippen LogP contribution in [0.3, 0.4) is 0 Å². The zero-order valence-corrected chi connectivity index (χ0v) is 21.3. The first-order valence-electron chi connectivity index (χ1n) is 10.2. The summed E-state index contributed by atoms with van der Waals surface area (Å²) in [5.74, 6) is 0.228. The van der Waals surface area contributed by atoms with Crippen LogP contribution in [0.4, 0.5) is 5.13 Å². The van der Waals surface area contributed by atoms with Gasteiger partial charge < -0.3 is 9.84 Å². The SMILES string of the molecule is CN(Cc1nc(-c2ccc(C(C)(C)C)cc2)no1)S(=O)(=O)c1nnc(NC(=O)C(C)(C)C)s1. The molecule has 2 aromatic heterocycles. The molecule has 0 spiro atoms. The predicted octanol–water partition coefficient (Wildman–Crippen LogP) is 3.69. The summed E-state index contributed by atoms with van der Waals surface area (Å²) >= 11 is 0.778. The van der Waals surface area contributed by atoms with Crippen molar-refractivity contribution in [3.63, 3.8) is 0 Å². The van der Waals surface area contributed by atoms with Crippen LogP contribution in [0.2, 0.25) is 0 Å². The number of rotatable bonds is 6. The summed E-state index contributed by atoms with van der Waals surface area (Å²) < 4.78 is 31.8. The summed E-state index contributed by atoms with van der Waals surface area (Å²) in [6.07, 6.45) is 0. The zero-order chi connectivity index (χ0) is 24.6. The second-order valence-corrected chi connectivity index (χ2v) is 12.9. The van der Waals surface area contributed by atoms with Gasteiger partial charge in [-0.1, -0.05) is 82.3 Å². The van der Waals surface area contributed by atoms with Crippen LogP contribution in [0.5, 0.6) is 0 Å². The van der Waals surface area contributed by atoms with Crippen LogP contribution in [0.1, 0.15) is 53.0 Å². The molecule has 1 N–H and O–H groups in total. The van der Waals surface area contributed by atoms with Gasteiger partial charge in [-0.05, 0) is 11.0 Å². The molecule has 0 unspecified atom stereocenters. The lowest BCUT2D eigenvalue weighted by molar-refractivity contribution is -0.123. The lowest BCUT2D eigenvalue weighted by Gasteiger charge is -2.18. The Balaban J connectivity index is 1.71. The topological polar surface area (TPSA) is 131 Å². The maximum absolute atomic E-state index is 12.9. The summed E-state index contributed by atoms with van der Waals surface area (Å²) in [5.41, 5.74) is 1.32. The summed E-state index contributed by atoms with van der Waals surface area (Å²) in [4.78, 5) is 16.4. The highest BCUT2D eigenvalue weighted by atomic mass is 32.2. The van der Waals surface area contributed by atoms with E-state index in [1.165, 1.54) is 12.6 Å². The molecule has 12 heteroatoms. The number of anilines is 1. The quantitative estimate of drug-likeness (QED) is 0.515. The number of hydrogen-bond donors (Lipinski definition) is 1. The van der Waals surface area contributed by atoms with Crippen LogP contribution in [0.15, 0.2) is 33.1 Å². The number of nitrogens with one attached hydrogen (secondary N) is 1. The maximum Gasteiger partial charge on any atom is 0.272 e. The third kappa shape index (κ3) is 5.81. The molecule has 0 aliphatic carbocycles. The van der Waals surface area contributed by atoms with Gasteiger partial charge >= 0.3 is 0 Å². The largest absolute Gasteiger partial charge is 0.338 e. The minimum absolute atomic E-state index is 0.0259. The Bertz CT molecular complexity index is 1230. The molecule has 0 saturated carbocycles. The number of carbonyl (C=O) groups excluding carboxylic acids is 1. The molecule has 0 bridgehead atoms. The molecule has 3 rings (SSSR count). The lowest BCUT2D eigenvalue weighted by Crippen LogP contribution is -2.27. The van der Waals surface area contributed by atoms with Crippen LogP contribution in [0.25, 0.3) is 11.4 Å². The van der Waals surface area contributed by atoms with Crippen LogP contribution in [-0.2, 0) is 26.8 Å². The van der Waals surface area contributed by atoms with Crippen molar-refractivity contribution in [2.75, 3.05) is 12.4 Å². The van der Waals surface area contributed by atoms with Gasteiger partial charge in [-0.25, -0.2) is 8.42 Å². The normalized spacial score (nSPS) is 12.8. The fourth-order valence-electron chi connectivity index (χ4n) is 2.61. The molecule has 1 aromatic carbocycles. The average Bonchev–Trinajstić information content (AvgIpc) is 3.37. The first-order valence-corrected chi connectivity index (χ1v) is 12.5. The van der Waals surface area contributed by atoms with Crippen molar-refractivity contribution in [1.29, 1.82) is 0 Å². The van der Waals surface area contributed by atoms with Crippen LogP contribution < -0.4 is 5.32 Å². The van der Waals surface area contributed by atoms with Crippen molar-refractivity contribution in [2.24, 2.45) is 5.41 Å². The summed E-state index contributed by atoms with van der Waals surface area (Å²) in [7, 11) is -2.58. The summed E-state index contributed by atoms with van der Waals surface area (Å²) in [6.45, 7) is 11.5. The van der Waals surface area contributed by atoms with Gasteiger partial charge in [0.2, 0.25) is 27.1 Å². The first kappa shape index (κ1) is 24.9. The molecule has 0 aliphatic rings. The number of nitrogens with zero attached hydrogens (tertiary/aromatic N) is 5. The molecule has 1 amide bonds. The Labute approximate surface area is 197 Å². The molecular formula is C21H28N6O4S2. The van der Waals surface area contributed by atoms with Crippen molar-refractivity contribution in [3.8, 4) is 11.4 Å². The van der Waals surface area contributed by atoms with E-state index in [0.717, 1.165) is 21.2 Å². The molecule has 3 aromatic rings. The molecule has 2 heterocycles. The number of aromatic nitrogens is 4. The van der Waals surface area contributed by atoms with Crippen LogP contribution >= 0.6 is 11.3 Å². The minimum Gasteiger partial charge on any atom is -0.338 e. The first-order chi connectivity index (χ1) is 15.2. The van der Waals surface area contributed by atoms with Gasteiger partial charge in [0.15, 0.2) is 0 Å². The molecule has 10 nitrogen and oxygen atoms in total. The van der Waals surface area contributed by atoms with E-state index in [2.05, 4.69) is 46.4 Å². The average molecular weight is 493 g/mol. The van der Waals surface area contributed by atoms with Crippen molar-refractivity contribution in [1.82, 2.24) is 24.6 Å². The van der Waals surface area contributed by atoms with Crippen LogP contribution in [-0.4, -0.2) is 46.0 Å². The molecule has 0 fully saturated rings. The van der Waals surface area contributed by atoms with Crippen molar-refractivity contribution in [2.45, 2.75) is 57.8 Å².